The Morgan fingerprint density at radius 3 is 2.64 bits per heavy atom. The molecule has 0 unspecified atom stereocenters. The summed E-state index contributed by atoms with van der Waals surface area (Å²) in [4.78, 5) is 25.4. The molecule has 1 N–H and O–H groups in total. The van der Waals surface area contributed by atoms with Crippen LogP contribution < -0.4 is 10.2 Å². The Bertz CT molecular complexity index is 694. The van der Waals surface area contributed by atoms with Gasteiger partial charge in [0.05, 0.1) is 11.3 Å². The van der Waals surface area contributed by atoms with Crippen LogP contribution in [0.1, 0.15) is 16.1 Å². The number of aromatic nitrogens is 2. The Morgan fingerprint density at radius 1 is 1.16 bits per heavy atom. The third-order valence-electron chi connectivity index (χ3n) is 4.23. The van der Waals surface area contributed by atoms with Gasteiger partial charge in [-0.25, -0.2) is 4.98 Å². The van der Waals surface area contributed by atoms with Crippen LogP contribution in [0.4, 0.5) is 5.82 Å². The lowest BCUT2D eigenvalue weighted by atomic mass is 10.2. The minimum Gasteiger partial charge on any atom is -0.354 e. The highest BCUT2D eigenvalue weighted by molar-refractivity contribution is 5.94. The minimum absolute atomic E-state index is 0.126. The van der Waals surface area contributed by atoms with Crippen LogP contribution in [0.5, 0.6) is 0 Å². The summed E-state index contributed by atoms with van der Waals surface area (Å²) < 4.78 is 0. The second-order valence-corrected chi connectivity index (χ2v) is 5.99. The maximum absolute atomic E-state index is 11.9. The zero-order valence-corrected chi connectivity index (χ0v) is 14.3. The van der Waals surface area contributed by atoms with Crippen LogP contribution in [0.15, 0.2) is 55.4 Å². The van der Waals surface area contributed by atoms with Crippen molar-refractivity contribution in [3.8, 4) is 0 Å². The first-order valence-electron chi connectivity index (χ1n) is 8.48. The summed E-state index contributed by atoms with van der Waals surface area (Å²) in [5.41, 5.74) is 1.67. The van der Waals surface area contributed by atoms with Crippen molar-refractivity contribution >= 4 is 11.7 Å². The van der Waals surface area contributed by atoms with Gasteiger partial charge in [-0.15, -0.1) is 6.58 Å². The van der Waals surface area contributed by atoms with E-state index in [1.54, 1.807) is 12.3 Å². The summed E-state index contributed by atoms with van der Waals surface area (Å²) in [6.45, 7) is 8.71. The van der Waals surface area contributed by atoms with Gasteiger partial charge < -0.3 is 10.2 Å². The largest absolute Gasteiger partial charge is 0.354 e. The van der Waals surface area contributed by atoms with E-state index in [0.29, 0.717) is 12.1 Å². The van der Waals surface area contributed by atoms with Crippen molar-refractivity contribution in [2.45, 2.75) is 6.54 Å². The van der Waals surface area contributed by atoms with Crippen molar-refractivity contribution in [1.82, 2.24) is 20.2 Å². The molecule has 1 fully saturated rings. The lowest BCUT2D eigenvalue weighted by molar-refractivity contribution is 0.0957. The van der Waals surface area contributed by atoms with E-state index in [4.69, 9.17) is 0 Å². The molecule has 2 aromatic heterocycles. The molecule has 6 nitrogen and oxygen atoms in total. The fourth-order valence-electron chi connectivity index (χ4n) is 2.83. The molecule has 0 radical (unpaired) electrons. The van der Waals surface area contributed by atoms with Crippen molar-refractivity contribution in [2.75, 3.05) is 37.6 Å². The number of anilines is 1. The number of carbonyl (C=O) groups is 1. The molecular formula is C19H23N5O. The summed E-state index contributed by atoms with van der Waals surface area (Å²) in [5.74, 6) is 0.789. The van der Waals surface area contributed by atoms with Crippen molar-refractivity contribution < 1.29 is 4.79 Å². The van der Waals surface area contributed by atoms with Crippen LogP contribution >= 0.6 is 0 Å². The zero-order valence-electron chi connectivity index (χ0n) is 14.3. The maximum Gasteiger partial charge on any atom is 0.253 e. The van der Waals surface area contributed by atoms with Crippen molar-refractivity contribution in [3.05, 3.63) is 66.6 Å². The Morgan fingerprint density at radius 2 is 2.00 bits per heavy atom. The number of nitrogens with one attached hydrogen (secondary N) is 1. The highest BCUT2D eigenvalue weighted by atomic mass is 16.1. The van der Waals surface area contributed by atoms with Gasteiger partial charge in [-0.2, -0.15) is 0 Å². The van der Waals surface area contributed by atoms with Crippen LogP contribution in [0.25, 0.3) is 0 Å². The molecule has 1 saturated heterocycles. The van der Waals surface area contributed by atoms with Crippen LogP contribution in [0.2, 0.25) is 0 Å². The van der Waals surface area contributed by atoms with E-state index >= 15 is 0 Å². The van der Waals surface area contributed by atoms with E-state index in [1.807, 2.05) is 30.5 Å². The predicted molar refractivity (Wildman–Crippen MR) is 98.5 cm³/mol. The highest BCUT2D eigenvalue weighted by Crippen LogP contribution is 2.15. The number of amides is 1. The summed E-state index contributed by atoms with van der Waals surface area (Å²) in [6, 6.07) is 9.76. The topological polar surface area (TPSA) is 61.4 Å². The van der Waals surface area contributed by atoms with Crippen LogP contribution in [-0.2, 0) is 6.54 Å². The summed E-state index contributed by atoms with van der Waals surface area (Å²) in [5, 5.41) is 2.75. The number of rotatable bonds is 6. The predicted octanol–water partition coefficient (Wildman–Crippen LogP) is 1.71. The van der Waals surface area contributed by atoms with Crippen molar-refractivity contribution in [3.63, 3.8) is 0 Å². The van der Waals surface area contributed by atoms with Crippen LogP contribution in [0, 0.1) is 0 Å². The van der Waals surface area contributed by atoms with Gasteiger partial charge in [-0.1, -0.05) is 12.1 Å². The fourth-order valence-corrected chi connectivity index (χ4v) is 2.83. The standard InChI is InChI=1S/C19H23N5O/c1-2-8-21-19(25)16-6-7-18(22-14-16)24-12-10-23(11-13-24)15-17-5-3-4-9-20-17/h2-7,9,14H,1,8,10-13,15H2,(H,21,25). The van der Waals surface area contributed by atoms with Gasteiger partial charge in [-0.05, 0) is 24.3 Å². The first-order chi connectivity index (χ1) is 12.3. The molecule has 3 heterocycles. The van der Waals surface area contributed by atoms with E-state index in [-0.39, 0.29) is 5.91 Å². The molecule has 0 saturated carbocycles. The number of hydrogen-bond donors (Lipinski definition) is 1. The molecular weight excluding hydrogens is 314 g/mol. The maximum atomic E-state index is 11.9. The lowest BCUT2D eigenvalue weighted by Gasteiger charge is -2.35. The number of hydrogen-bond acceptors (Lipinski definition) is 5. The smallest absolute Gasteiger partial charge is 0.253 e. The molecule has 2 aromatic rings. The van der Waals surface area contributed by atoms with Crippen LogP contribution in [0.3, 0.4) is 0 Å². The van der Waals surface area contributed by atoms with Gasteiger partial charge in [0.2, 0.25) is 0 Å². The van der Waals surface area contributed by atoms with Gasteiger partial charge in [0, 0.05) is 51.7 Å². The molecule has 0 spiro atoms. The van der Waals surface area contributed by atoms with E-state index in [0.717, 1.165) is 44.2 Å². The SMILES string of the molecule is C=CCNC(=O)c1ccc(N2CCN(Cc3ccccn3)CC2)nc1. The van der Waals surface area contributed by atoms with Crippen molar-refractivity contribution in [1.29, 1.82) is 0 Å². The van der Waals surface area contributed by atoms with Gasteiger partial charge >= 0.3 is 0 Å². The number of nitrogens with zero attached hydrogens (tertiary/aromatic N) is 4. The molecule has 3 rings (SSSR count). The molecule has 25 heavy (non-hydrogen) atoms. The number of pyridine rings is 2. The van der Waals surface area contributed by atoms with E-state index < -0.39 is 0 Å². The van der Waals surface area contributed by atoms with Gasteiger partial charge in [0.15, 0.2) is 0 Å². The Labute approximate surface area is 148 Å². The van der Waals surface area contributed by atoms with E-state index in [2.05, 4.69) is 37.7 Å². The minimum atomic E-state index is -0.126. The summed E-state index contributed by atoms with van der Waals surface area (Å²) in [7, 11) is 0. The molecule has 6 heteroatoms. The Hall–Kier alpha value is -2.73. The van der Waals surface area contributed by atoms with E-state index in [1.165, 1.54) is 0 Å². The van der Waals surface area contributed by atoms with Gasteiger partial charge in [-0.3, -0.25) is 14.7 Å². The molecule has 1 aliphatic heterocycles. The first kappa shape index (κ1) is 17.1. The van der Waals surface area contributed by atoms with Gasteiger partial charge in [0.1, 0.15) is 5.82 Å². The average Bonchev–Trinajstić information content (AvgIpc) is 2.68. The quantitative estimate of drug-likeness (QED) is 0.813. The van der Waals surface area contributed by atoms with Crippen molar-refractivity contribution in [2.24, 2.45) is 0 Å². The normalized spacial score (nSPS) is 15.0. The van der Waals surface area contributed by atoms with Crippen LogP contribution in [-0.4, -0.2) is 53.5 Å². The highest BCUT2D eigenvalue weighted by Gasteiger charge is 2.18. The monoisotopic (exact) mass is 337 g/mol. The zero-order chi connectivity index (χ0) is 17.5. The molecule has 1 amide bonds. The molecule has 0 bridgehead atoms. The third-order valence-corrected chi connectivity index (χ3v) is 4.23. The summed E-state index contributed by atoms with van der Waals surface area (Å²) >= 11 is 0. The fraction of sp³-hybridized carbons (Fsp3) is 0.316. The lowest BCUT2D eigenvalue weighted by Crippen LogP contribution is -2.46. The molecule has 0 aromatic carbocycles. The summed E-state index contributed by atoms with van der Waals surface area (Å²) in [6.07, 6.45) is 5.13. The second kappa shape index (κ2) is 8.39. The van der Waals surface area contributed by atoms with E-state index in [9.17, 15) is 4.79 Å². The molecule has 1 aliphatic rings. The Kier molecular flexibility index (Phi) is 5.74. The number of carbonyl (C=O) groups excluding carboxylic acids is 1. The molecule has 0 atom stereocenters. The Balaban J connectivity index is 1.52. The van der Waals surface area contributed by atoms with Gasteiger partial charge in [0.25, 0.3) is 5.91 Å². The molecule has 130 valence electrons. The first-order valence-corrected chi connectivity index (χ1v) is 8.48. The molecule has 0 aliphatic carbocycles. The second-order valence-electron chi connectivity index (χ2n) is 5.99. The average molecular weight is 337 g/mol. The number of piperazine rings is 1. The third kappa shape index (κ3) is 4.64.